The van der Waals surface area contributed by atoms with Gasteiger partial charge in [0.15, 0.2) is 0 Å². The molecule has 25 heavy (non-hydrogen) atoms. The van der Waals surface area contributed by atoms with Crippen LogP contribution in [0.1, 0.15) is 27.7 Å². The first-order valence-electron chi connectivity index (χ1n) is 7.47. The van der Waals surface area contributed by atoms with E-state index in [9.17, 15) is 0 Å². The summed E-state index contributed by atoms with van der Waals surface area (Å²) >= 11 is 22.6. The molecule has 0 amide bonds. The van der Waals surface area contributed by atoms with Gasteiger partial charge in [-0.15, -0.1) is 0 Å². The summed E-state index contributed by atoms with van der Waals surface area (Å²) in [6, 6.07) is 8.50. The Morgan fingerprint density at radius 3 is 1.52 bits per heavy atom. The summed E-state index contributed by atoms with van der Waals surface area (Å²) in [6.45, 7) is 7.99. The Morgan fingerprint density at radius 1 is 0.760 bits per heavy atom. The highest BCUT2D eigenvalue weighted by Gasteiger charge is 2.51. The largest absolute Gasteiger partial charge is 0.495 e. The van der Waals surface area contributed by atoms with E-state index in [0.29, 0.717) is 20.6 Å². The zero-order chi connectivity index (χ0) is 18.8. The van der Waals surface area contributed by atoms with Crippen molar-refractivity contribution in [2.75, 3.05) is 0 Å². The summed E-state index contributed by atoms with van der Waals surface area (Å²) in [4.78, 5) is 7.60. The van der Waals surface area contributed by atoms with Crippen molar-refractivity contribution in [3.63, 3.8) is 0 Å². The topological polar surface area (TPSA) is 44.2 Å². The summed E-state index contributed by atoms with van der Waals surface area (Å²) in [5.41, 5.74) is 0.0356. The first-order valence-corrected chi connectivity index (χ1v) is 8.98. The second-order valence-electron chi connectivity index (χ2n) is 6.42. The fourth-order valence-electron chi connectivity index (χ4n) is 1.98. The van der Waals surface area contributed by atoms with Gasteiger partial charge < -0.3 is 9.31 Å². The Morgan fingerprint density at radius 2 is 1.16 bits per heavy atom. The smallest absolute Gasteiger partial charge is 0.399 e. The molecule has 1 saturated heterocycles. The lowest BCUT2D eigenvalue weighted by Gasteiger charge is -2.32. The Bertz CT molecular complexity index is 705. The molecule has 1 aliphatic rings. The molecular weight excluding hydrogens is 405 g/mol. The molecule has 0 bridgehead atoms. The van der Waals surface area contributed by atoms with E-state index < -0.39 is 7.12 Å². The van der Waals surface area contributed by atoms with Crippen LogP contribution < -0.4 is 5.46 Å². The van der Waals surface area contributed by atoms with Crippen LogP contribution in [-0.4, -0.2) is 28.3 Å². The van der Waals surface area contributed by atoms with Crippen molar-refractivity contribution in [1.29, 1.82) is 0 Å². The summed E-state index contributed by atoms with van der Waals surface area (Å²) in [6.07, 6.45) is 0. The number of halogens is 4. The maximum atomic E-state index is 5.89. The fraction of sp³-hybridized carbons (Fsp3) is 0.375. The van der Waals surface area contributed by atoms with Gasteiger partial charge in [0.25, 0.3) is 0 Å². The highest BCUT2D eigenvalue weighted by Crippen LogP contribution is 2.36. The third-order valence-corrected chi connectivity index (χ3v) is 4.80. The molecule has 0 saturated carbocycles. The van der Waals surface area contributed by atoms with E-state index in [1.807, 2.05) is 27.7 Å². The normalized spacial score (nSPS) is 17.8. The quantitative estimate of drug-likeness (QED) is 0.476. The molecule has 134 valence electrons. The van der Waals surface area contributed by atoms with Crippen LogP contribution in [-0.2, 0) is 9.31 Å². The van der Waals surface area contributed by atoms with Crippen molar-refractivity contribution < 1.29 is 9.31 Å². The Balaban J connectivity index is 0.000000236. The molecule has 3 rings (SSSR count). The minimum Gasteiger partial charge on any atom is -0.399 e. The second kappa shape index (κ2) is 7.99. The molecule has 0 aliphatic carbocycles. The molecule has 2 aromatic rings. The molecule has 2 aromatic heterocycles. The highest BCUT2D eigenvalue weighted by molar-refractivity contribution is 6.62. The van der Waals surface area contributed by atoms with Crippen molar-refractivity contribution >= 4 is 59.0 Å². The number of rotatable bonds is 1. The van der Waals surface area contributed by atoms with Crippen molar-refractivity contribution in [2.45, 2.75) is 38.9 Å². The molecule has 0 atom stereocenters. The second-order valence-corrected chi connectivity index (χ2v) is 7.97. The van der Waals surface area contributed by atoms with Gasteiger partial charge in [-0.1, -0.05) is 52.5 Å². The van der Waals surface area contributed by atoms with Crippen LogP contribution in [0.2, 0.25) is 20.6 Å². The number of hydrogen-bond donors (Lipinski definition) is 0. The molecule has 1 aliphatic heterocycles. The van der Waals surface area contributed by atoms with Crippen molar-refractivity contribution in [2.24, 2.45) is 0 Å². The molecule has 1 fully saturated rings. The summed E-state index contributed by atoms with van der Waals surface area (Å²) < 4.78 is 11.8. The lowest BCUT2D eigenvalue weighted by Crippen LogP contribution is -2.41. The van der Waals surface area contributed by atoms with E-state index in [2.05, 4.69) is 9.97 Å². The summed E-state index contributed by atoms with van der Waals surface area (Å²) in [5.74, 6) is 0. The van der Waals surface area contributed by atoms with Crippen molar-refractivity contribution in [1.82, 2.24) is 9.97 Å². The van der Waals surface area contributed by atoms with Gasteiger partial charge in [0.2, 0.25) is 0 Å². The van der Waals surface area contributed by atoms with E-state index in [-0.39, 0.29) is 11.2 Å². The Labute approximate surface area is 167 Å². The number of pyridine rings is 2. The zero-order valence-corrected chi connectivity index (χ0v) is 17.2. The molecule has 4 nitrogen and oxygen atoms in total. The molecule has 0 N–H and O–H groups in total. The van der Waals surface area contributed by atoms with Gasteiger partial charge in [0.05, 0.1) is 11.2 Å². The van der Waals surface area contributed by atoms with Gasteiger partial charge in [0, 0.05) is 0 Å². The maximum Gasteiger partial charge on any atom is 0.495 e. The van der Waals surface area contributed by atoms with E-state index in [1.54, 1.807) is 30.3 Å². The monoisotopic (exact) mass is 420 g/mol. The van der Waals surface area contributed by atoms with Gasteiger partial charge in [-0.3, -0.25) is 0 Å². The molecule has 0 radical (unpaired) electrons. The first-order chi connectivity index (χ1) is 11.5. The number of nitrogens with zero attached hydrogens (tertiary/aromatic N) is 2. The van der Waals surface area contributed by atoms with Crippen LogP contribution >= 0.6 is 46.4 Å². The Hall–Kier alpha value is -0.555. The minimum absolute atomic E-state index is 0.335. The van der Waals surface area contributed by atoms with Crippen LogP contribution in [0.15, 0.2) is 30.3 Å². The zero-order valence-electron chi connectivity index (χ0n) is 14.2. The van der Waals surface area contributed by atoms with Gasteiger partial charge in [-0.2, -0.15) is 0 Å². The van der Waals surface area contributed by atoms with Crippen LogP contribution in [0.25, 0.3) is 0 Å². The third-order valence-electron chi connectivity index (χ3n) is 3.99. The molecule has 0 spiro atoms. The van der Waals surface area contributed by atoms with Crippen LogP contribution in [0.5, 0.6) is 0 Å². The predicted molar refractivity (Wildman–Crippen MR) is 104 cm³/mol. The standard InChI is InChI=1S/C11H14BCl2NO2.C5H3Cl2N/c1-10(2)11(3,4)17-12(16-10)7-5-8(13)15-9(14)6-7;6-4-2-1-3-5(7)8-4/h5-6H,1-4H3;1-3H. The van der Waals surface area contributed by atoms with Crippen LogP contribution in [0.3, 0.4) is 0 Å². The van der Waals surface area contributed by atoms with Crippen molar-refractivity contribution in [3.05, 3.63) is 50.9 Å². The summed E-state index contributed by atoms with van der Waals surface area (Å²) in [7, 11) is -0.460. The van der Waals surface area contributed by atoms with Crippen molar-refractivity contribution in [3.8, 4) is 0 Å². The first kappa shape index (κ1) is 20.8. The number of aromatic nitrogens is 2. The van der Waals surface area contributed by atoms with Gasteiger partial charge in [-0.05, 0) is 57.4 Å². The fourth-order valence-corrected chi connectivity index (χ4v) is 2.83. The van der Waals surface area contributed by atoms with Gasteiger partial charge >= 0.3 is 7.12 Å². The van der Waals surface area contributed by atoms with E-state index in [1.165, 1.54) is 0 Å². The maximum absolute atomic E-state index is 5.89. The van der Waals surface area contributed by atoms with Crippen LogP contribution in [0, 0.1) is 0 Å². The highest BCUT2D eigenvalue weighted by atomic mass is 35.5. The molecule has 3 heterocycles. The molecule has 0 unspecified atom stereocenters. The van der Waals surface area contributed by atoms with E-state index in [0.717, 1.165) is 5.46 Å². The van der Waals surface area contributed by atoms with E-state index >= 15 is 0 Å². The average Bonchev–Trinajstić information content (AvgIpc) is 2.67. The molecular formula is C16H17BCl4N2O2. The SMILES string of the molecule is CC1(C)OB(c2cc(Cl)nc(Cl)c2)OC1(C)C.Clc1cccc(Cl)n1. The lowest BCUT2D eigenvalue weighted by atomic mass is 9.80. The minimum atomic E-state index is -0.460. The molecule has 9 heteroatoms. The van der Waals surface area contributed by atoms with E-state index in [4.69, 9.17) is 55.7 Å². The van der Waals surface area contributed by atoms with Gasteiger partial charge in [-0.25, -0.2) is 9.97 Å². The predicted octanol–water partition coefficient (Wildman–Crippen LogP) is 5.08. The van der Waals surface area contributed by atoms with Crippen LogP contribution in [0.4, 0.5) is 0 Å². The van der Waals surface area contributed by atoms with Gasteiger partial charge in [0.1, 0.15) is 20.6 Å². The average molecular weight is 422 g/mol. The third kappa shape index (κ3) is 5.46. The number of hydrogen-bond acceptors (Lipinski definition) is 4. The Kier molecular flexibility index (Phi) is 6.63. The summed E-state index contributed by atoms with van der Waals surface area (Å²) in [5, 5.41) is 1.53. The molecule has 0 aromatic carbocycles. The lowest BCUT2D eigenvalue weighted by molar-refractivity contribution is 0.00578.